The second kappa shape index (κ2) is 4.55. The van der Waals surface area contributed by atoms with Gasteiger partial charge in [-0.15, -0.1) is 0 Å². The highest BCUT2D eigenvalue weighted by atomic mass is 32.2. The summed E-state index contributed by atoms with van der Waals surface area (Å²) >= 11 is 0. The lowest BCUT2D eigenvalue weighted by molar-refractivity contribution is -0.131. The van der Waals surface area contributed by atoms with E-state index in [2.05, 4.69) is 4.99 Å². The molecule has 0 bridgehead atoms. The largest absolute Gasteiger partial charge is 0.477 e. The molecule has 0 atom stereocenters. The molecule has 0 spiro atoms. The molecule has 94 valence electrons. The van der Waals surface area contributed by atoms with Crippen molar-refractivity contribution < 1.29 is 23.1 Å². The quantitative estimate of drug-likeness (QED) is 0.704. The molecule has 2 aliphatic rings. The summed E-state index contributed by atoms with van der Waals surface area (Å²) in [6.07, 6.45) is 0.896. The van der Waals surface area contributed by atoms with E-state index >= 15 is 0 Å². The first-order valence-electron chi connectivity index (χ1n) is 5.07. The lowest BCUT2D eigenvalue weighted by Gasteiger charge is -2.26. The summed E-state index contributed by atoms with van der Waals surface area (Å²) in [5.74, 6) is -1.47. The molecule has 0 aromatic carbocycles. The number of hydrogen-bond acceptors (Lipinski definition) is 6. The van der Waals surface area contributed by atoms with Crippen LogP contribution in [-0.2, 0) is 19.4 Å². The lowest BCUT2D eigenvalue weighted by Crippen LogP contribution is -2.41. The normalized spacial score (nSPS) is 24.2. The highest BCUT2D eigenvalue weighted by Crippen LogP contribution is 2.18. The molecule has 0 amide bonds. The van der Waals surface area contributed by atoms with E-state index in [0.717, 1.165) is 6.20 Å². The van der Waals surface area contributed by atoms with Gasteiger partial charge in [0, 0.05) is 13.1 Å². The zero-order valence-electron chi connectivity index (χ0n) is 9.00. The van der Waals surface area contributed by atoms with Crippen LogP contribution in [0.3, 0.4) is 0 Å². The molecule has 0 saturated carbocycles. The van der Waals surface area contributed by atoms with E-state index in [1.54, 1.807) is 0 Å². The number of nitrogens with zero attached hydrogens (tertiary/aromatic N) is 2. The summed E-state index contributed by atoms with van der Waals surface area (Å²) < 4.78 is 28.7. The fraction of sp³-hybridized carbons (Fsp3) is 0.556. The third-order valence-corrected chi connectivity index (χ3v) is 4.31. The predicted molar refractivity (Wildman–Crippen MR) is 59.3 cm³/mol. The van der Waals surface area contributed by atoms with Gasteiger partial charge in [0.05, 0.1) is 26.0 Å². The van der Waals surface area contributed by atoms with E-state index in [4.69, 9.17) is 9.84 Å². The van der Waals surface area contributed by atoms with Crippen LogP contribution in [0.5, 0.6) is 0 Å². The first kappa shape index (κ1) is 12.2. The minimum absolute atomic E-state index is 0.100. The molecule has 1 N–H and O–H groups in total. The van der Waals surface area contributed by atoms with Crippen molar-refractivity contribution in [1.82, 2.24) is 4.90 Å². The van der Waals surface area contributed by atoms with Gasteiger partial charge in [0.2, 0.25) is 9.84 Å². The summed E-state index contributed by atoms with van der Waals surface area (Å²) in [5.41, 5.74) is 0. The highest BCUT2D eigenvalue weighted by molar-refractivity contribution is 8.10. The molecule has 0 radical (unpaired) electrons. The van der Waals surface area contributed by atoms with E-state index < -0.39 is 20.7 Å². The third kappa shape index (κ3) is 2.38. The number of morpholine rings is 1. The van der Waals surface area contributed by atoms with Crippen molar-refractivity contribution in [3.8, 4) is 0 Å². The minimum Gasteiger partial charge on any atom is -0.477 e. The maximum absolute atomic E-state index is 11.8. The molecule has 2 aliphatic heterocycles. The Morgan fingerprint density at radius 3 is 2.65 bits per heavy atom. The Morgan fingerprint density at radius 1 is 1.47 bits per heavy atom. The van der Waals surface area contributed by atoms with Crippen molar-refractivity contribution >= 4 is 20.9 Å². The number of aliphatic imine (C=N–C) groups is 1. The number of hydrogen-bond donors (Lipinski definition) is 1. The second-order valence-corrected chi connectivity index (χ2v) is 5.63. The fourth-order valence-corrected chi connectivity index (χ4v) is 2.86. The Hall–Kier alpha value is -1.25. The Bertz CT molecular complexity index is 488. The van der Waals surface area contributed by atoms with Crippen LogP contribution >= 0.6 is 0 Å². The van der Waals surface area contributed by atoms with Crippen LogP contribution in [0.4, 0.5) is 0 Å². The van der Waals surface area contributed by atoms with Crippen LogP contribution in [0.2, 0.25) is 0 Å². The summed E-state index contributed by atoms with van der Waals surface area (Å²) in [6.45, 7) is 2.48. The Balaban J connectivity index is 2.08. The molecule has 0 aliphatic carbocycles. The van der Waals surface area contributed by atoms with E-state index in [-0.39, 0.29) is 11.6 Å². The molecule has 8 heteroatoms. The van der Waals surface area contributed by atoms with Crippen molar-refractivity contribution in [2.45, 2.75) is 0 Å². The van der Waals surface area contributed by atoms with Gasteiger partial charge in [-0.3, -0.25) is 4.90 Å². The molecule has 17 heavy (non-hydrogen) atoms. The van der Waals surface area contributed by atoms with Gasteiger partial charge in [-0.05, 0) is 0 Å². The second-order valence-electron chi connectivity index (χ2n) is 3.71. The Morgan fingerprint density at radius 2 is 2.12 bits per heavy atom. The molecule has 2 heterocycles. The Labute approximate surface area is 98.3 Å². The van der Waals surface area contributed by atoms with E-state index in [9.17, 15) is 13.2 Å². The third-order valence-electron chi connectivity index (χ3n) is 2.60. The van der Waals surface area contributed by atoms with Gasteiger partial charge in [-0.25, -0.2) is 18.2 Å². The number of carbonyl (C=O) groups is 1. The maximum Gasteiger partial charge on any atom is 0.349 e. The molecule has 2 rings (SSSR count). The van der Waals surface area contributed by atoms with E-state index in [1.807, 2.05) is 4.90 Å². The van der Waals surface area contributed by atoms with Gasteiger partial charge in [-0.2, -0.15) is 0 Å². The van der Waals surface area contributed by atoms with Gasteiger partial charge in [0.1, 0.15) is 0 Å². The SMILES string of the molecule is O=C(O)C1=CN=C(CN2CCOCC2)S1(=O)=O. The van der Waals surface area contributed by atoms with Crippen LogP contribution in [-0.4, -0.2) is 62.3 Å². The number of rotatable bonds is 3. The molecule has 7 nitrogen and oxygen atoms in total. The van der Waals surface area contributed by atoms with Gasteiger partial charge in [0.25, 0.3) is 0 Å². The fourth-order valence-electron chi connectivity index (χ4n) is 1.64. The first-order chi connectivity index (χ1) is 8.01. The average molecular weight is 260 g/mol. The number of sulfone groups is 1. The zero-order valence-corrected chi connectivity index (χ0v) is 9.81. The van der Waals surface area contributed by atoms with Crippen LogP contribution in [0, 0.1) is 0 Å². The molecule has 1 saturated heterocycles. The van der Waals surface area contributed by atoms with Crippen molar-refractivity contribution in [3.63, 3.8) is 0 Å². The minimum atomic E-state index is -3.90. The first-order valence-corrected chi connectivity index (χ1v) is 6.55. The monoisotopic (exact) mass is 260 g/mol. The molecule has 1 fully saturated rings. The number of aliphatic carboxylic acids is 1. The number of carboxylic acids is 1. The van der Waals surface area contributed by atoms with Crippen molar-refractivity contribution in [1.29, 1.82) is 0 Å². The highest BCUT2D eigenvalue weighted by Gasteiger charge is 2.35. The topological polar surface area (TPSA) is 96.3 Å². The molecular formula is C9H12N2O5S. The smallest absolute Gasteiger partial charge is 0.349 e. The summed E-state index contributed by atoms with van der Waals surface area (Å²) in [7, 11) is -3.90. The summed E-state index contributed by atoms with van der Waals surface area (Å²) in [4.78, 5) is 15.6. The molecule has 0 aromatic rings. The number of ether oxygens (including phenoxy) is 1. The molecule has 0 aromatic heterocycles. The van der Waals surface area contributed by atoms with Crippen LogP contribution in [0.1, 0.15) is 0 Å². The van der Waals surface area contributed by atoms with Gasteiger partial charge in [-0.1, -0.05) is 0 Å². The summed E-state index contributed by atoms with van der Waals surface area (Å²) in [5, 5.41) is 8.62. The molecular weight excluding hydrogens is 248 g/mol. The average Bonchev–Trinajstić information content (AvgIpc) is 2.56. The Kier molecular flexibility index (Phi) is 3.27. The number of carboxylic acid groups (broad SMARTS) is 1. The predicted octanol–water partition coefficient (Wildman–Crippen LogP) is -0.928. The van der Waals surface area contributed by atoms with Crippen LogP contribution in [0.15, 0.2) is 16.1 Å². The van der Waals surface area contributed by atoms with E-state index in [0.29, 0.717) is 26.3 Å². The van der Waals surface area contributed by atoms with Gasteiger partial charge >= 0.3 is 5.97 Å². The maximum atomic E-state index is 11.8. The van der Waals surface area contributed by atoms with Gasteiger partial charge in [0.15, 0.2) is 9.95 Å². The van der Waals surface area contributed by atoms with E-state index in [1.165, 1.54) is 0 Å². The van der Waals surface area contributed by atoms with Crippen molar-refractivity contribution in [3.05, 3.63) is 11.1 Å². The van der Waals surface area contributed by atoms with Crippen LogP contribution < -0.4 is 0 Å². The van der Waals surface area contributed by atoms with Crippen molar-refractivity contribution in [2.24, 2.45) is 4.99 Å². The molecule has 0 unspecified atom stereocenters. The van der Waals surface area contributed by atoms with Crippen molar-refractivity contribution in [2.75, 3.05) is 32.8 Å². The van der Waals surface area contributed by atoms with Crippen LogP contribution in [0.25, 0.3) is 0 Å². The lowest BCUT2D eigenvalue weighted by atomic mass is 10.4. The van der Waals surface area contributed by atoms with Gasteiger partial charge < -0.3 is 9.84 Å². The summed E-state index contributed by atoms with van der Waals surface area (Å²) in [6, 6.07) is 0. The standard InChI is InChI=1S/C9H12N2O5S/c12-9(13)7-5-10-8(17(7,14)15)6-11-1-3-16-4-2-11/h5H,1-4,6H2,(H,12,13). The zero-order chi connectivity index (χ0) is 12.5.